The van der Waals surface area contributed by atoms with Gasteiger partial charge in [0.25, 0.3) is 0 Å². The Morgan fingerprint density at radius 1 is 1.53 bits per heavy atom. The van der Waals surface area contributed by atoms with Crippen LogP contribution in [0.25, 0.3) is 0 Å². The van der Waals surface area contributed by atoms with Crippen molar-refractivity contribution in [1.29, 1.82) is 5.26 Å². The molecule has 5 nitrogen and oxygen atoms in total. The van der Waals surface area contributed by atoms with E-state index >= 15 is 0 Å². The molecule has 0 radical (unpaired) electrons. The van der Waals surface area contributed by atoms with Crippen LogP contribution in [0.5, 0.6) is 0 Å². The summed E-state index contributed by atoms with van der Waals surface area (Å²) in [6.07, 6.45) is 0. The van der Waals surface area contributed by atoms with Gasteiger partial charge in [0, 0.05) is 11.9 Å². The minimum absolute atomic E-state index is 0.122. The fraction of sp³-hybridized carbons (Fsp3) is 0.200. The van der Waals surface area contributed by atoms with Crippen molar-refractivity contribution in [1.82, 2.24) is 0 Å². The van der Waals surface area contributed by atoms with Crippen LogP contribution in [0.2, 0.25) is 5.02 Å². The molecule has 0 saturated heterocycles. The molecule has 7 heteroatoms. The maximum Gasteiger partial charge on any atom is 0.221 e. The van der Waals surface area contributed by atoms with Crippen LogP contribution < -0.4 is 5.32 Å². The summed E-state index contributed by atoms with van der Waals surface area (Å²) in [6.45, 7) is 1.26. The molecule has 1 rings (SSSR count). The summed E-state index contributed by atoms with van der Waals surface area (Å²) in [6, 6.07) is 5.61. The fourth-order valence-electron chi connectivity index (χ4n) is 1.21. The summed E-state index contributed by atoms with van der Waals surface area (Å²) >= 11 is 5.70. The largest absolute Gasteiger partial charge is 0.325 e. The number of halogens is 1. The van der Waals surface area contributed by atoms with E-state index in [-0.39, 0.29) is 15.6 Å². The number of amides is 1. The number of carbonyl (C=O) groups excluding carboxylic acids is 1. The van der Waals surface area contributed by atoms with Gasteiger partial charge in [0.05, 0.1) is 16.7 Å². The van der Waals surface area contributed by atoms with Gasteiger partial charge >= 0.3 is 0 Å². The molecular weight excluding hydrogens is 264 g/mol. The molecule has 0 unspecified atom stereocenters. The Bertz CT molecular complexity index is 590. The van der Waals surface area contributed by atoms with E-state index in [9.17, 15) is 13.2 Å². The van der Waals surface area contributed by atoms with Gasteiger partial charge < -0.3 is 5.32 Å². The lowest BCUT2D eigenvalue weighted by Gasteiger charge is -2.09. The third-order valence-electron chi connectivity index (χ3n) is 1.84. The Morgan fingerprint density at radius 3 is 2.71 bits per heavy atom. The fourth-order valence-corrected chi connectivity index (χ4v) is 2.53. The number of sulfone groups is 1. The van der Waals surface area contributed by atoms with Crippen molar-refractivity contribution in [2.45, 2.75) is 11.8 Å². The predicted molar refractivity (Wildman–Crippen MR) is 63.4 cm³/mol. The maximum atomic E-state index is 11.8. The molecule has 0 fully saturated rings. The minimum Gasteiger partial charge on any atom is -0.325 e. The molecule has 0 atom stereocenters. The predicted octanol–water partition coefficient (Wildman–Crippen LogP) is 1.60. The maximum absolute atomic E-state index is 11.8. The zero-order chi connectivity index (χ0) is 13.1. The zero-order valence-electron chi connectivity index (χ0n) is 8.90. The van der Waals surface area contributed by atoms with Gasteiger partial charge in [0.2, 0.25) is 5.91 Å². The molecule has 0 aliphatic heterocycles. The zero-order valence-corrected chi connectivity index (χ0v) is 10.5. The molecule has 1 N–H and O–H groups in total. The number of rotatable bonds is 3. The van der Waals surface area contributed by atoms with Crippen LogP contribution in [0.4, 0.5) is 5.69 Å². The molecule has 1 aromatic rings. The number of nitrogens with one attached hydrogen (secondary N) is 1. The molecule has 0 aliphatic carbocycles. The van der Waals surface area contributed by atoms with Crippen molar-refractivity contribution in [2.24, 2.45) is 0 Å². The quantitative estimate of drug-likeness (QED) is 0.905. The Kier molecular flexibility index (Phi) is 4.10. The first-order valence-corrected chi connectivity index (χ1v) is 6.56. The third-order valence-corrected chi connectivity index (χ3v) is 3.60. The number of nitriles is 1. The Labute approximate surface area is 104 Å². The minimum atomic E-state index is -3.77. The van der Waals surface area contributed by atoms with Crippen LogP contribution in [0.1, 0.15) is 6.92 Å². The van der Waals surface area contributed by atoms with Crippen molar-refractivity contribution >= 4 is 33.0 Å². The SMILES string of the molecule is CC(=O)Nc1ccc(Cl)cc1S(=O)(=O)CC#N. The van der Waals surface area contributed by atoms with E-state index in [1.54, 1.807) is 6.07 Å². The number of benzene rings is 1. The Morgan fingerprint density at radius 2 is 2.18 bits per heavy atom. The number of hydrogen-bond acceptors (Lipinski definition) is 4. The molecule has 1 aromatic carbocycles. The summed E-state index contributed by atoms with van der Waals surface area (Å²) in [7, 11) is -3.77. The van der Waals surface area contributed by atoms with Crippen molar-refractivity contribution in [3.63, 3.8) is 0 Å². The van der Waals surface area contributed by atoms with Gasteiger partial charge in [0.15, 0.2) is 9.84 Å². The lowest BCUT2D eigenvalue weighted by atomic mass is 10.3. The van der Waals surface area contributed by atoms with Gasteiger partial charge in [-0.1, -0.05) is 11.6 Å². The second-order valence-corrected chi connectivity index (χ2v) is 5.63. The normalized spacial score (nSPS) is 10.6. The first-order valence-electron chi connectivity index (χ1n) is 4.53. The highest BCUT2D eigenvalue weighted by Gasteiger charge is 2.19. The van der Waals surface area contributed by atoms with Gasteiger partial charge in [-0.05, 0) is 18.2 Å². The molecule has 0 bridgehead atoms. The number of anilines is 1. The van der Waals surface area contributed by atoms with Gasteiger partial charge in [-0.3, -0.25) is 4.79 Å². The summed E-state index contributed by atoms with van der Waals surface area (Å²) in [5.41, 5.74) is 0.122. The Hall–Kier alpha value is -1.58. The first-order chi connectivity index (χ1) is 7.86. The van der Waals surface area contributed by atoms with Crippen molar-refractivity contribution in [2.75, 3.05) is 11.1 Å². The average Bonchev–Trinajstić information content (AvgIpc) is 2.20. The summed E-state index contributed by atoms with van der Waals surface area (Å²) in [5.74, 6) is -1.07. The van der Waals surface area contributed by atoms with E-state index < -0.39 is 21.5 Å². The van der Waals surface area contributed by atoms with Crippen LogP contribution in [0, 0.1) is 11.3 Å². The highest BCUT2D eigenvalue weighted by atomic mass is 35.5. The van der Waals surface area contributed by atoms with Crippen LogP contribution in [-0.4, -0.2) is 20.1 Å². The third kappa shape index (κ3) is 3.44. The average molecular weight is 273 g/mol. The second kappa shape index (κ2) is 5.17. The van der Waals surface area contributed by atoms with Crippen LogP contribution in [0.3, 0.4) is 0 Å². The summed E-state index contributed by atoms with van der Waals surface area (Å²) in [4.78, 5) is 10.8. The summed E-state index contributed by atoms with van der Waals surface area (Å²) in [5, 5.41) is 11.1. The molecule has 1 amide bonds. The molecule has 0 aliphatic rings. The van der Waals surface area contributed by atoms with E-state index in [0.29, 0.717) is 0 Å². The van der Waals surface area contributed by atoms with Gasteiger partial charge in [-0.25, -0.2) is 8.42 Å². The first kappa shape index (κ1) is 13.5. The van der Waals surface area contributed by atoms with Crippen LogP contribution >= 0.6 is 11.6 Å². The van der Waals surface area contributed by atoms with Crippen molar-refractivity contribution in [3.8, 4) is 6.07 Å². The number of carbonyl (C=O) groups is 1. The van der Waals surface area contributed by atoms with Gasteiger partial charge in [0.1, 0.15) is 5.75 Å². The lowest BCUT2D eigenvalue weighted by molar-refractivity contribution is -0.114. The number of nitrogens with zero attached hydrogens (tertiary/aromatic N) is 1. The molecule has 0 spiro atoms. The second-order valence-electron chi connectivity index (χ2n) is 3.24. The topological polar surface area (TPSA) is 87.0 Å². The standard InChI is InChI=1S/C10H9ClN2O3S/c1-7(14)13-9-3-2-8(11)6-10(9)17(15,16)5-4-12/h2-3,6H,5H2,1H3,(H,13,14). The van der Waals surface area contributed by atoms with E-state index in [2.05, 4.69) is 5.32 Å². The molecule has 17 heavy (non-hydrogen) atoms. The van der Waals surface area contributed by atoms with Crippen LogP contribution in [0.15, 0.2) is 23.1 Å². The number of hydrogen-bond donors (Lipinski definition) is 1. The smallest absolute Gasteiger partial charge is 0.221 e. The highest BCUT2D eigenvalue weighted by Crippen LogP contribution is 2.26. The monoisotopic (exact) mass is 272 g/mol. The molecule has 0 saturated carbocycles. The van der Waals surface area contributed by atoms with Crippen LogP contribution in [-0.2, 0) is 14.6 Å². The molecule has 90 valence electrons. The van der Waals surface area contributed by atoms with E-state index in [4.69, 9.17) is 16.9 Å². The van der Waals surface area contributed by atoms with Gasteiger partial charge in [-0.15, -0.1) is 0 Å². The molecule has 0 heterocycles. The highest BCUT2D eigenvalue weighted by molar-refractivity contribution is 7.91. The Balaban J connectivity index is 3.35. The van der Waals surface area contributed by atoms with E-state index in [0.717, 1.165) is 0 Å². The lowest BCUT2D eigenvalue weighted by Crippen LogP contribution is -2.12. The van der Waals surface area contributed by atoms with E-state index in [1.807, 2.05) is 0 Å². The summed E-state index contributed by atoms with van der Waals surface area (Å²) < 4.78 is 23.5. The van der Waals surface area contributed by atoms with Gasteiger partial charge in [-0.2, -0.15) is 5.26 Å². The van der Waals surface area contributed by atoms with Crippen molar-refractivity contribution in [3.05, 3.63) is 23.2 Å². The van der Waals surface area contributed by atoms with E-state index in [1.165, 1.54) is 25.1 Å². The molecular formula is C10H9ClN2O3S. The van der Waals surface area contributed by atoms with Crippen molar-refractivity contribution < 1.29 is 13.2 Å². The molecule has 0 aromatic heterocycles.